The average Bonchev–Trinajstić information content (AvgIpc) is 2.64. The van der Waals surface area contributed by atoms with E-state index in [0.717, 1.165) is 36.2 Å². The van der Waals surface area contributed by atoms with Gasteiger partial charge in [0, 0.05) is 0 Å². The minimum Gasteiger partial charge on any atom is -0.482 e. The Morgan fingerprint density at radius 2 is 2.15 bits per heavy atom. The summed E-state index contributed by atoms with van der Waals surface area (Å²) in [5.74, 6) is 1.80. The molecule has 1 atom stereocenters. The molecule has 0 saturated heterocycles. The van der Waals surface area contributed by atoms with Crippen molar-refractivity contribution in [3.05, 3.63) is 48.2 Å². The van der Waals surface area contributed by atoms with Crippen LogP contribution in [0.3, 0.4) is 0 Å². The number of hydrogen-bond acceptors (Lipinski definition) is 6. The van der Waals surface area contributed by atoms with Crippen molar-refractivity contribution in [1.29, 1.82) is 0 Å². The number of aliphatic hydroxyl groups excluding tert-OH is 1. The van der Waals surface area contributed by atoms with E-state index in [0.29, 0.717) is 24.0 Å². The van der Waals surface area contributed by atoms with Gasteiger partial charge in [-0.3, -0.25) is 0 Å². The Bertz CT molecular complexity index is 734. The van der Waals surface area contributed by atoms with Gasteiger partial charge in [-0.05, 0) is 38.0 Å². The first kappa shape index (κ1) is 19.8. The molecule has 0 aromatic carbocycles. The Morgan fingerprint density at radius 1 is 1.35 bits per heavy atom. The molecular weight excluding hydrogens is 328 g/mol. The Morgan fingerprint density at radius 3 is 2.85 bits per heavy atom. The molecular formula is C20H28N4O2. The van der Waals surface area contributed by atoms with Crippen LogP contribution in [-0.4, -0.2) is 32.7 Å². The molecule has 0 saturated carbocycles. The van der Waals surface area contributed by atoms with Crippen LogP contribution in [-0.2, 0) is 6.61 Å². The first-order valence-corrected chi connectivity index (χ1v) is 8.99. The number of pyridine rings is 1. The zero-order valence-electron chi connectivity index (χ0n) is 15.8. The second-order valence-corrected chi connectivity index (χ2v) is 6.38. The van der Waals surface area contributed by atoms with E-state index in [1.54, 1.807) is 6.20 Å². The number of allylic oxidation sites excluding steroid dienone is 1. The third-order valence-corrected chi connectivity index (χ3v) is 3.96. The predicted octanol–water partition coefficient (Wildman–Crippen LogP) is 3.76. The van der Waals surface area contributed by atoms with Gasteiger partial charge in [-0.2, -0.15) is 0 Å². The SMILES string of the molecule is C=C(C)c1cccc(COc2cnc(C)nc2NC(CO)CCCC)n1. The second kappa shape index (κ2) is 9.87. The van der Waals surface area contributed by atoms with Crippen LogP contribution in [0.2, 0.25) is 0 Å². The van der Waals surface area contributed by atoms with Gasteiger partial charge in [0.2, 0.25) is 0 Å². The maximum absolute atomic E-state index is 9.60. The minimum absolute atomic E-state index is 0.0463. The van der Waals surface area contributed by atoms with E-state index in [4.69, 9.17) is 4.74 Å². The second-order valence-electron chi connectivity index (χ2n) is 6.38. The van der Waals surface area contributed by atoms with E-state index in [1.165, 1.54) is 0 Å². The van der Waals surface area contributed by atoms with Crippen molar-refractivity contribution in [2.24, 2.45) is 0 Å². The highest BCUT2D eigenvalue weighted by atomic mass is 16.5. The highest BCUT2D eigenvalue weighted by molar-refractivity contribution is 5.57. The van der Waals surface area contributed by atoms with Crippen LogP contribution < -0.4 is 10.1 Å². The van der Waals surface area contributed by atoms with Gasteiger partial charge < -0.3 is 15.2 Å². The Balaban J connectivity index is 2.11. The summed E-state index contributed by atoms with van der Waals surface area (Å²) in [5, 5.41) is 12.9. The van der Waals surface area contributed by atoms with Crippen molar-refractivity contribution < 1.29 is 9.84 Å². The lowest BCUT2D eigenvalue weighted by Gasteiger charge is -2.19. The third-order valence-electron chi connectivity index (χ3n) is 3.96. The number of aryl methyl sites for hydroxylation is 1. The van der Waals surface area contributed by atoms with Gasteiger partial charge in [-0.15, -0.1) is 0 Å². The van der Waals surface area contributed by atoms with Crippen LogP contribution in [0.25, 0.3) is 5.57 Å². The van der Waals surface area contributed by atoms with E-state index in [9.17, 15) is 5.11 Å². The topological polar surface area (TPSA) is 80.2 Å². The monoisotopic (exact) mass is 356 g/mol. The normalized spacial score (nSPS) is 11.8. The van der Waals surface area contributed by atoms with Crippen LogP contribution in [0, 0.1) is 6.92 Å². The van der Waals surface area contributed by atoms with Crippen LogP contribution >= 0.6 is 0 Å². The Labute approximate surface area is 155 Å². The molecule has 2 N–H and O–H groups in total. The van der Waals surface area contributed by atoms with Gasteiger partial charge in [0.05, 0.1) is 30.2 Å². The number of unbranched alkanes of at least 4 members (excludes halogenated alkanes) is 1. The minimum atomic E-state index is -0.0588. The van der Waals surface area contributed by atoms with Gasteiger partial charge >= 0.3 is 0 Å². The summed E-state index contributed by atoms with van der Waals surface area (Å²) in [7, 11) is 0. The molecule has 2 heterocycles. The van der Waals surface area contributed by atoms with E-state index in [2.05, 4.69) is 33.8 Å². The van der Waals surface area contributed by atoms with Crippen LogP contribution in [0.4, 0.5) is 5.82 Å². The first-order valence-electron chi connectivity index (χ1n) is 8.99. The fourth-order valence-electron chi connectivity index (χ4n) is 2.47. The van der Waals surface area contributed by atoms with Crippen LogP contribution in [0.15, 0.2) is 31.0 Å². The van der Waals surface area contributed by atoms with Crippen molar-refractivity contribution in [2.45, 2.75) is 52.7 Å². The number of aliphatic hydroxyl groups is 1. The van der Waals surface area contributed by atoms with Crippen molar-refractivity contribution in [1.82, 2.24) is 15.0 Å². The molecule has 0 spiro atoms. The van der Waals surface area contributed by atoms with Gasteiger partial charge in [-0.25, -0.2) is 15.0 Å². The predicted molar refractivity (Wildman–Crippen MR) is 104 cm³/mol. The zero-order chi connectivity index (χ0) is 18.9. The number of hydrogen-bond donors (Lipinski definition) is 2. The number of aromatic nitrogens is 3. The van der Waals surface area contributed by atoms with Gasteiger partial charge in [0.15, 0.2) is 11.6 Å². The summed E-state index contributed by atoms with van der Waals surface area (Å²) >= 11 is 0. The summed E-state index contributed by atoms with van der Waals surface area (Å²) in [6.45, 7) is 10.2. The molecule has 0 radical (unpaired) electrons. The molecule has 0 bridgehead atoms. The maximum Gasteiger partial charge on any atom is 0.180 e. The lowest BCUT2D eigenvalue weighted by Crippen LogP contribution is -2.25. The molecule has 140 valence electrons. The van der Waals surface area contributed by atoms with E-state index >= 15 is 0 Å². The first-order chi connectivity index (χ1) is 12.5. The van der Waals surface area contributed by atoms with Crippen molar-refractivity contribution >= 4 is 11.4 Å². The Hall–Kier alpha value is -2.47. The number of anilines is 1. The number of nitrogens with zero attached hydrogens (tertiary/aromatic N) is 3. The summed E-state index contributed by atoms with van der Waals surface area (Å²) in [5.41, 5.74) is 2.57. The molecule has 1 unspecified atom stereocenters. The summed E-state index contributed by atoms with van der Waals surface area (Å²) < 4.78 is 5.90. The fourth-order valence-corrected chi connectivity index (χ4v) is 2.47. The standard InChI is InChI=1S/C20H28N4O2/c1-5-6-8-16(12-25)24-20-19(11-21-15(4)22-20)26-13-17-9-7-10-18(23-17)14(2)3/h7,9-11,16,25H,2,5-6,8,12-13H2,1,3-4H3,(H,21,22,24). The molecule has 2 aromatic heterocycles. The maximum atomic E-state index is 9.60. The van der Waals surface area contributed by atoms with Crippen LogP contribution in [0.5, 0.6) is 5.75 Å². The van der Waals surface area contributed by atoms with Crippen molar-refractivity contribution in [3.8, 4) is 5.75 Å². The lowest BCUT2D eigenvalue weighted by molar-refractivity contribution is 0.265. The van der Waals surface area contributed by atoms with Gasteiger partial charge in [0.25, 0.3) is 0 Å². The van der Waals surface area contributed by atoms with E-state index in [1.807, 2.05) is 32.0 Å². The highest BCUT2D eigenvalue weighted by Crippen LogP contribution is 2.23. The quantitative estimate of drug-likeness (QED) is 0.675. The van der Waals surface area contributed by atoms with Gasteiger partial charge in [-0.1, -0.05) is 32.4 Å². The van der Waals surface area contributed by atoms with Crippen LogP contribution in [0.1, 0.15) is 50.3 Å². The highest BCUT2D eigenvalue weighted by Gasteiger charge is 2.13. The van der Waals surface area contributed by atoms with Crippen molar-refractivity contribution in [3.63, 3.8) is 0 Å². The largest absolute Gasteiger partial charge is 0.482 e. The molecule has 26 heavy (non-hydrogen) atoms. The molecule has 2 rings (SSSR count). The molecule has 0 amide bonds. The molecule has 0 aliphatic rings. The molecule has 6 nitrogen and oxygen atoms in total. The Kier molecular flexibility index (Phi) is 7.53. The summed E-state index contributed by atoms with van der Waals surface area (Å²) in [6, 6.07) is 5.71. The number of rotatable bonds is 10. The zero-order valence-corrected chi connectivity index (χ0v) is 15.8. The summed E-state index contributed by atoms with van der Waals surface area (Å²) in [4.78, 5) is 13.2. The molecule has 0 fully saturated rings. The third kappa shape index (κ3) is 5.81. The van der Waals surface area contributed by atoms with Crippen molar-refractivity contribution in [2.75, 3.05) is 11.9 Å². The fraction of sp³-hybridized carbons (Fsp3) is 0.450. The molecule has 2 aromatic rings. The lowest BCUT2D eigenvalue weighted by atomic mass is 10.1. The summed E-state index contributed by atoms with van der Waals surface area (Å²) in [6.07, 6.45) is 4.64. The van der Waals surface area contributed by atoms with E-state index < -0.39 is 0 Å². The van der Waals surface area contributed by atoms with Gasteiger partial charge in [0.1, 0.15) is 12.4 Å². The molecule has 6 heteroatoms. The average molecular weight is 356 g/mol. The number of nitrogens with one attached hydrogen (secondary N) is 1. The molecule has 0 aliphatic carbocycles. The number of ether oxygens (including phenoxy) is 1. The van der Waals surface area contributed by atoms with E-state index in [-0.39, 0.29) is 12.6 Å². The smallest absolute Gasteiger partial charge is 0.180 e. The molecule has 0 aliphatic heterocycles.